The Labute approximate surface area is 145 Å². The Hall–Kier alpha value is -2.96. The lowest BCUT2D eigenvalue weighted by atomic mass is 10.2. The number of anilines is 2. The van der Waals surface area contributed by atoms with Crippen molar-refractivity contribution >= 4 is 23.2 Å². The maximum Gasteiger partial charge on any atom is 0.257 e. The average molecular weight is 342 g/mol. The monoisotopic (exact) mass is 342 g/mol. The molecule has 7 heteroatoms. The standard InChI is InChI=1S/C18H19FN4O2/c1-13(24)22-5-7-23(8-6-22)17-9-14(11-20-12-17)18(25)21-16-4-2-3-15(19)10-16/h2-4,9-12H,5-8H2,1H3,(H,21,25). The number of nitrogens with one attached hydrogen (secondary N) is 1. The fourth-order valence-corrected chi connectivity index (χ4v) is 2.77. The molecule has 6 nitrogen and oxygen atoms in total. The van der Waals surface area contributed by atoms with Gasteiger partial charge in [-0.25, -0.2) is 4.39 Å². The number of benzene rings is 1. The Morgan fingerprint density at radius 1 is 1.12 bits per heavy atom. The normalized spacial score (nSPS) is 14.3. The van der Waals surface area contributed by atoms with Crippen molar-refractivity contribution in [2.45, 2.75) is 6.92 Å². The lowest BCUT2D eigenvalue weighted by Gasteiger charge is -2.35. The summed E-state index contributed by atoms with van der Waals surface area (Å²) in [6.45, 7) is 4.24. The van der Waals surface area contributed by atoms with E-state index in [0.29, 0.717) is 37.4 Å². The second kappa shape index (κ2) is 7.29. The number of carbonyl (C=O) groups excluding carboxylic acids is 2. The predicted molar refractivity (Wildman–Crippen MR) is 93.1 cm³/mol. The number of hydrogen-bond donors (Lipinski definition) is 1. The second-order valence-corrected chi connectivity index (χ2v) is 5.89. The largest absolute Gasteiger partial charge is 0.367 e. The van der Waals surface area contributed by atoms with Crippen molar-refractivity contribution in [3.8, 4) is 0 Å². The highest BCUT2D eigenvalue weighted by Gasteiger charge is 2.19. The first-order valence-corrected chi connectivity index (χ1v) is 8.05. The quantitative estimate of drug-likeness (QED) is 0.928. The molecule has 0 unspecified atom stereocenters. The minimum atomic E-state index is -0.409. The van der Waals surface area contributed by atoms with Crippen LogP contribution < -0.4 is 10.2 Å². The average Bonchev–Trinajstić information content (AvgIpc) is 2.62. The summed E-state index contributed by atoms with van der Waals surface area (Å²) in [6, 6.07) is 7.49. The Balaban J connectivity index is 1.69. The summed E-state index contributed by atoms with van der Waals surface area (Å²) >= 11 is 0. The number of piperazine rings is 1. The van der Waals surface area contributed by atoms with Gasteiger partial charge in [-0.15, -0.1) is 0 Å². The molecule has 0 radical (unpaired) electrons. The molecule has 0 aliphatic carbocycles. The maximum absolute atomic E-state index is 13.2. The van der Waals surface area contributed by atoms with Crippen molar-refractivity contribution in [2.24, 2.45) is 0 Å². The number of halogens is 1. The van der Waals surface area contributed by atoms with Gasteiger partial charge in [0.2, 0.25) is 5.91 Å². The van der Waals surface area contributed by atoms with E-state index in [9.17, 15) is 14.0 Å². The zero-order valence-electron chi connectivity index (χ0n) is 13.9. The Kier molecular flexibility index (Phi) is 4.92. The number of rotatable bonds is 3. The summed E-state index contributed by atoms with van der Waals surface area (Å²) in [4.78, 5) is 31.8. The van der Waals surface area contributed by atoms with Gasteiger partial charge < -0.3 is 15.1 Å². The van der Waals surface area contributed by atoms with Crippen molar-refractivity contribution in [3.63, 3.8) is 0 Å². The van der Waals surface area contributed by atoms with Crippen LogP contribution >= 0.6 is 0 Å². The third-order valence-corrected chi connectivity index (χ3v) is 4.16. The zero-order valence-corrected chi connectivity index (χ0v) is 13.9. The van der Waals surface area contributed by atoms with Gasteiger partial charge in [0.25, 0.3) is 5.91 Å². The highest BCUT2D eigenvalue weighted by atomic mass is 19.1. The highest BCUT2D eigenvalue weighted by Crippen LogP contribution is 2.18. The number of hydrogen-bond acceptors (Lipinski definition) is 4. The SMILES string of the molecule is CC(=O)N1CCN(c2cncc(C(=O)Nc3cccc(F)c3)c2)CC1. The molecule has 0 saturated carbocycles. The van der Waals surface area contributed by atoms with E-state index >= 15 is 0 Å². The molecule has 1 aromatic carbocycles. The van der Waals surface area contributed by atoms with E-state index in [-0.39, 0.29) is 11.8 Å². The number of aromatic nitrogens is 1. The highest BCUT2D eigenvalue weighted by molar-refractivity contribution is 6.04. The van der Waals surface area contributed by atoms with Crippen molar-refractivity contribution in [2.75, 3.05) is 36.4 Å². The number of nitrogens with zero attached hydrogens (tertiary/aromatic N) is 3. The van der Waals surface area contributed by atoms with Crippen LogP contribution in [0, 0.1) is 5.82 Å². The topological polar surface area (TPSA) is 65.5 Å². The van der Waals surface area contributed by atoms with Gasteiger partial charge in [0, 0.05) is 45.0 Å². The van der Waals surface area contributed by atoms with E-state index in [1.807, 2.05) is 0 Å². The Bertz CT molecular complexity index is 788. The minimum Gasteiger partial charge on any atom is -0.367 e. The molecule has 1 fully saturated rings. The molecule has 0 atom stereocenters. The van der Waals surface area contributed by atoms with Gasteiger partial charge in [-0.2, -0.15) is 0 Å². The summed E-state index contributed by atoms with van der Waals surface area (Å²) in [6.07, 6.45) is 3.17. The molecule has 1 N–H and O–H groups in total. The molecule has 3 rings (SSSR count). The van der Waals surface area contributed by atoms with Crippen LogP contribution in [0.5, 0.6) is 0 Å². The van der Waals surface area contributed by atoms with Gasteiger partial charge in [-0.05, 0) is 24.3 Å². The maximum atomic E-state index is 13.2. The van der Waals surface area contributed by atoms with E-state index < -0.39 is 5.82 Å². The lowest BCUT2D eigenvalue weighted by molar-refractivity contribution is -0.129. The molecule has 2 heterocycles. The van der Waals surface area contributed by atoms with E-state index in [1.54, 1.807) is 30.2 Å². The third-order valence-electron chi connectivity index (χ3n) is 4.16. The first-order chi connectivity index (χ1) is 12.0. The van der Waals surface area contributed by atoms with Gasteiger partial charge in [-0.3, -0.25) is 14.6 Å². The predicted octanol–water partition coefficient (Wildman–Crippen LogP) is 2.14. The van der Waals surface area contributed by atoms with Crippen molar-refractivity contribution in [1.29, 1.82) is 0 Å². The second-order valence-electron chi connectivity index (χ2n) is 5.89. The third kappa shape index (κ3) is 4.12. The van der Waals surface area contributed by atoms with Gasteiger partial charge in [-0.1, -0.05) is 6.07 Å². The van der Waals surface area contributed by atoms with Crippen LogP contribution in [0.15, 0.2) is 42.7 Å². The molecular formula is C18H19FN4O2. The summed E-state index contributed by atoms with van der Waals surface area (Å²) in [5, 5.41) is 2.66. The molecule has 130 valence electrons. The fraction of sp³-hybridized carbons (Fsp3) is 0.278. The first-order valence-electron chi connectivity index (χ1n) is 8.05. The van der Waals surface area contributed by atoms with Crippen LogP contribution in [0.3, 0.4) is 0 Å². The minimum absolute atomic E-state index is 0.0704. The Morgan fingerprint density at radius 3 is 2.56 bits per heavy atom. The molecule has 1 aromatic heterocycles. The van der Waals surface area contributed by atoms with Crippen molar-refractivity contribution in [3.05, 3.63) is 54.1 Å². The molecule has 1 aliphatic heterocycles. The van der Waals surface area contributed by atoms with E-state index in [1.165, 1.54) is 24.4 Å². The summed E-state index contributed by atoms with van der Waals surface area (Å²) in [5.74, 6) is -0.684. The molecule has 0 bridgehead atoms. The van der Waals surface area contributed by atoms with E-state index in [0.717, 1.165) is 5.69 Å². The van der Waals surface area contributed by atoms with Crippen LogP contribution in [0.25, 0.3) is 0 Å². The molecule has 1 saturated heterocycles. The van der Waals surface area contributed by atoms with E-state index in [4.69, 9.17) is 0 Å². The van der Waals surface area contributed by atoms with Crippen LogP contribution in [0.4, 0.5) is 15.8 Å². The van der Waals surface area contributed by atoms with Crippen LogP contribution in [0.2, 0.25) is 0 Å². The van der Waals surface area contributed by atoms with Gasteiger partial charge >= 0.3 is 0 Å². The smallest absolute Gasteiger partial charge is 0.257 e. The van der Waals surface area contributed by atoms with Gasteiger partial charge in [0.1, 0.15) is 5.82 Å². The van der Waals surface area contributed by atoms with Crippen molar-refractivity contribution in [1.82, 2.24) is 9.88 Å². The van der Waals surface area contributed by atoms with Gasteiger partial charge in [0.15, 0.2) is 0 Å². The fourth-order valence-electron chi connectivity index (χ4n) is 2.77. The summed E-state index contributed by atoms with van der Waals surface area (Å²) < 4.78 is 13.2. The number of amides is 2. The molecular weight excluding hydrogens is 323 g/mol. The van der Waals surface area contributed by atoms with Crippen molar-refractivity contribution < 1.29 is 14.0 Å². The first kappa shape index (κ1) is 16.9. The summed E-state index contributed by atoms with van der Waals surface area (Å²) in [7, 11) is 0. The van der Waals surface area contributed by atoms with Gasteiger partial charge in [0.05, 0.1) is 17.4 Å². The Morgan fingerprint density at radius 2 is 1.88 bits per heavy atom. The summed E-state index contributed by atoms with van der Waals surface area (Å²) in [5.41, 5.74) is 1.62. The molecule has 2 amide bonds. The molecule has 0 spiro atoms. The van der Waals surface area contributed by atoms with Crippen LogP contribution in [0.1, 0.15) is 17.3 Å². The molecule has 2 aromatic rings. The van der Waals surface area contributed by atoms with Crippen LogP contribution in [-0.2, 0) is 4.79 Å². The van der Waals surface area contributed by atoms with E-state index in [2.05, 4.69) is 15.2 Å². The molecule has 25 heavy (non-hydrogen) atoms. The zero-order chi connectivity index (χ0) is 17.8. The van der Waals surface area contributed by atoms with Crippen LogP contribution in [-0.4, -0.2) is 47.9 Å². The molecule has 1 aliphatic rings. The lowest BCUT2D eigenvalue weighted by Crippen LogP contribution is -2.48. The number of carbonyl (C=O) groups is 2. The number of pyridine rings is 1.